The van der Waals surface area contributed by atoms with E-state index in [-0.39, 0.29) is 23.8 Å². The van der Waals surface area contributed by atoms with Crippen molar-refractivity contribution >= 4 is 38.5 Å². The van der Waals surface area contributed by atoms with Crippen LogP contribution in [0, 0.1) is 3.57 Å². The maximum Gasteiger partial charge on any atom is 0.243 e. The van der Waals surface area contributed by atoms with Gasteiger partial charge in [0.05, 0.1) is 4.90 Å². The molecule has 1 fully saturated rings. The van der Waals surface area contributed by atoms with Crippen LogP contribution in [0.5, 0.6) is 0 Å². The first kappa shape index (κ1) is 13.8. The number of amides is 1. The van der Waals surface area contributed by atoms with Crippen molar-refractivity contribution in [2.45, 2.75) is 11.3 Å². The molecule has 0 unspecified atom stereocenters. The summed E-state index contributed by atoms with van der Waals surface area (Å²) in [5.74, 6) is -0.102. The molecule has 0 atom stereocenters. The third-order valence-corrected chi connectivity index (χ3v) is 5.36. The van der Waals surface area contributed by atoms with Crippen LogP contribution in [-0.4, -0.2) is 38.3 Å². The Hall–Kier alpha value is -0.670. The van der Waals surface area contributed by atoms with E-state index in [9.17, 15) is 13.2 Å². The van der Waals surface area contributed by atoms with Gasteiger partial charge in [0.2, 0.25) is 15.9 Å². The van der Waals surface area contributed by atoms with Crippen LogP contribution in [0.2, 0.25) is 0 Å². The highest BCUT2D eigenvalue weighted by molar-refractivity contribution is 14.1. The zero-order chi connectivity index (χ0) is 13.2. The Bertz CT molecular complexity index is 542. The highest BCUT2D eigenvalue weighted by Gasteiger charge is 2.26. The van der Waals surface area contributed by atoms with Crippen molar-refractivity contribution in [3.63, 3.8) is 0 Å². The van der Waals surface area contributed by atoms with Crippen LogP contribution in [0.25, 0.3) is 0 Å². The van der Waals surface area contributed by atoms with E-state index < -0.39 is 10.0 Å². The van der Waals surface area contributed by atoms with E-state index in [4.69, 9.17) is 0 Å². The lowest BCUT2D eigenvalue weighted by molar-refractivity contribution is -0.120. The Morgan fingerprint density at radius 3 is 2.50 bits per heavy atom. The molecule has 0 spiro atoms. The average molecular weight is 380 g/mol. The molecule has 0 bridgehead atoms. The van der Waals surface area contributed by atoms with Crippen LogP contribution in [0.4, 0.5) is 0 Å². The van der Waals surface area contributed by atoms with Crippen LogP contribution in [0.1, 0.15) is 6.42 Å². The van der Waals surface area contributed by atoms with Crippen molar-refractivity contribution in [2.75, 3.05) is 19.6 Å². The first-order valence-corrected chi connectivity index (χ1v) is 8.04. The number of carbonyl (C=O) groups excluding carboxylic acids is 1. The van der Waals surface area contributed by atoms with Gasteiger partial charge in [0.1, 0.15) is 0 Å². The number of benzene rings is 1. The molecular weight excluding hydrogens is 367 g/mol. The van der Waals surface area contributed by atoms with Crippen LogP contribution in [-0.2, 0) is 14.8 Å². The number of carbonyl (C=O) groups is 1. The van der Waals surface area contributed by atoms with Gasteiger partial charge >= 0.3 is 0 Å². The van der Waals surface area contributed by atoms with Crippen molar-refractivity contribution < 1.29 is 13.2 Å². The molecule has 1 saturated heterocycles. The summed E-state index contributed by atoms with van der Waals surface area (Å²) in [6.45, 7) is 0.919. The summed E-state index contributed by atoms with van der Waals surface area (Å²) >= 11 is 2.12. The van der Waals surface area contributed by atoms with Crippen molar-refractivity contribution in [3.05, 3.63) is 27.8 Å². The Morgan fingerprint density at radius 2 is 1.83 bits per heavy atom. The van der Waals surface area contributed by atoms with Gasteiger partial charge in [-0.25, -0.2) is 8.42 Å². The van der Waals surface area contributed by atoms with Gasteiger partial charge in [-0.15, -0.1) is 0 Å². The largest absolute Gasteiger partial charge is 0.355 e. The maximum absolute atomic E-state index is 12.3. The molecule has 1 aromatic rings. The van der Waals surface area contributed by atoms with E-state index in [1.165, 1.54) is 4.31 Å². The summed E-state index contributed by atoms with van der Waals surface area (Å²) in [6.07, 6.45) is 0.212. The minimum Gasteiger partial charge on any atom is -0.355 e. The summed E-state index contributed by atoms with van der Waals surface area (Å²) in [6, 6.07) is 6.71. The molecule has 1 amide bonds. The van der Waals surface area contributed by atoms with Gasteiger partial charge < -0.3 is 5.32 Å². The lowest BCUT2D eigenvalue weighted by atomic mass is 10.4. The normalized spacial score (nSPS) is 18.2. The summed E-state index contributed by atoms with van der Waals surface area (Å²) in [7, 11) is -3.49. The van der Waals surface area contributed by atoms with E-state index in [1.54, 1.807) is 24.3 Å². The zero-order valence-corrected chi connectivity index (χ0v) is 12.6. The molecule has 0 radical (unpaired) electrons. The van der Waals surface area contributed by atoms with Gasteiger partial charge in [-0.3, -0.25) is 4.79 Å². The fourth-order valence-corrected chi connectivity index (χ4v) is 3.54. The topological polar surface area (TPSA) is 66.5 Å². The molecule has 1 aromatic carbocycles. The Kier molecular flexibility index (Phi) is 4.23. The fraction of sp³-hybridized carbons (Fsp3) is 0.364. The van der Waals surface area contributed by atoms with E-state index in [2.05, 4.69) is 27.9 Å². The van der Waals surface area contributed by atoms with Gasteiger partial charge in [-0.05, 0) is 46.9 Å². The summed E-state index contributed by atoms with van der Waals surface area (Å²) < 4.78 is 27.0. The molecular formula is C11H13IN2O3S. The van der Waals surface area contributed by atoms with Gasteiger partial charge in [-0.1, -0.05) is 0 Å². The van der Waals surface area contributed by atoms with Crippen molar-refractivity contribution in [1.29, 1.82) is 0 Å². The van der Waals surface area contributed by atoms with Crippen molar-refractivity contribution in [1.82, 2.24) is 9.62 Å². The highest BCUT2D eigenvalue weighted by Crippen LogP contribution is 2.17. The third-order valence-electron chi connectivity index (χ3n) is 2.72. The predicted molar refractivity (Wildman–Crippen MR) is 75.5 cm³/mol. The average Bonchev–Trinajstić information content (AvgIpc) is 2.55. The molecule has 18 heavy (non-hydrogen) atoms. The molecule has 7 heteroatoms. The molecule has 0 saturated carbocycles. The number of hydrogen-bond acceptors (Lipinski definition) is 3. The number of nitrogens with zero attached hydrogens (tertiary/aromatic N) is 1. The molecule has 1 heterocycles. The van der Waals surface area contributed by atoms with Crippen molar-refractivity contribution in [2.24, 2.45) is 0 Å². The summed E-state index contributed by atoms with van der Waals surface area (Å²) in [5.41, 5.74) is 0. The van der Waals surface area contributed by atoms with Crippen molar-refractivity contribution in [3.8, 4) is 0 Å². The quantitative estimate of drug-likeness (QED) is 0.773. The molecule has 5 nitrogen and oxygen atoms in total. The van der Waals surface area contributed by atoms with Crippen LogP contribution in [0.15, 0.2) is 29.2 Å². The van der Waals surface area contributed by atoms with Gasteiger partial charge in [0.15, 0.2) is 0 Å². The van der Waals surface area contributed by atoms with Gasteiger partial charge in [0, 0.05) is 29.6 Å². The van der Waals surface area contributed by atoms with Gasteiger partial charge in [-0.2, -0.15) is 4.31 Å². The molecule has 0 aromatic heterocycles. The minimum atomic E-state index is -3.49. The van der Waals surface area contributed by atoms with Gasteiger partial charge in [0.25, 0.3) is 0 Å². The van der Waals surface area contributed by atoms with Crippen LogP contribution < -0.4 is 5.32 Å². The Balaban J connectivity index is 2.25. The molecule has 1 aliphatic rings. The maximum atomic E-state index is 12.3. The fourth-order valence-electron chi connectivity index (χ4n) is 1.74. The first-order chi connectivity index (χ1) is 8.50. The molecule has 98 valence electrons. The molecule has 1 N–H and O–H groups in total. The lowest BCUT2D eigenvalue weighted by Gasteiger charge is -2.19. The second-order valence-electron chi connectivity index (χ2n) is 3.96. The molecule has 1 aliphatic heterocycles. The summed E-state index contributed by atoms with van der Waals surface area (Å²) in [4.78, 5) is 11.5. The molecule has 2 rings (SSSR count). The van der Waals surface area contributed by atoms with E-state index in [0.29, 0.717) is 13.1 Å². The monoisotopic (exact) mass is 380 g/mol. The standard InChI is InChI=1S/C11H13IN2O3S/c12-9-1-3-10(4-2-9)18(16,17)14-7-5-11(15)13-6-8-14/h1-4H,5-8H2,(H,13,15). The lowest BCUT2D eigenvalue weighted by Crippen LogP contribution is -2.34. The number of sulfonamides is 1. The van der Waals surface area contributed by atoms with E-state index in [0.717, 1.165) is 3.57 Å². The summed E-state index contributed by atoms with van der Waals surface area (Å²) in [5, 5.41) is 2.66. The SMILES string of the molecule is O=C1CCN(S(=O)(=O)c2ccc(I)cc2)CCN1. The van der Waals surface area contributed by atoms with Crippen LogP contribution in [0.3, 0.4) is 0 Å². The highest BCUT2D eigenvalue weighted by atomic mass is 127. The number of halogens is 1. The van der Waals surface area contributed by atoms with E-state index >= 15 is 0 Å². The van der Waals surface area contributed by atoms with Crippen LogP contribution >= 0.6 is 22.6 Å². The first-order valence-electron chi connectivity index (χ1n) is 5.52. The Labute approximate surface area is 120 Å². The number of hydrogen-bond donors (Lipinski definition) is 1. The van der Waals surface area contributed by atoms with E-state index in [1.807, 2.05) is 0 Å². The second-order valence-corrected chi connectivity index (χ2v) is 7.14. The third kappa shape index (κ3) is 3.01. The predicted octanol–water partition coefficient (Wildman–Crippen LogP) is 0.802. The Morgan fingerprint density at radius 1 is 1.17 bits per heavy atom. The smallest absolute Gasteiger partial charge is 0.243 e. The minimum absolute atomic E-state index is 0.102. The molecule has 0 aliphatic carbocycles. The second kappa shape index (κ2) is 5.54. The number of rotatable bonds is 2. The number of nitrogens with one attached hydrogen (secondary N) is 1. The zero-order valence-electron chi connectivity index (χ0n) is 9.60.